The Morgan fingerprint density at radius 1 is 1.19 bits per heavy atom. The molecular weight excluding hydrogens is 206 g/mol. The molecule has 3 rings (SSSR count). The number of para-hydroxylation sites is 2. The molecule has 0 atom stereocenters. The van der Waals surface area contributed by atoms with Crippen LogP contribution in [0.15, 0.2) is 47.7 Å². The minimum Gasteiger partial charge on any atom is -0.266 e. The van der Waals surface area contributed by atoms with Gasteiger partial charge >= 0.3 is 0 Å². The van der Waals surface area contributed by atoms with Crippen LogP contribution >= 0.6 is 0 Å². The molecule has 0 bridgehead atoms. The number of nitrogens with zero attached hydrogens (tertiary/aromatic N) is 5. The zero-order valence-corrected chi connectivity index (χ0v) is 8.19. The second-order valence-corrected chi connectivity index (χ2v) is 3.22. The Hall–Kier alpha value is -2.50. The molecule has 78 valence electrons. The molecule has 6 nitrogen and oxygen atoms in total. The molecule has 1 aromatic carbocycles. The van der Waals surface area contributed by atoms with Crippen LogP contribution in [0.3, 0.4) is 0 Å². The van der Waals surface area contributed by atoms with E-state index in [-0.39, 0.29) is 5.56 Å². The van der Waals surface area contributed by atoms with E-state index in [1.165, 1.54) is 21.9 Å². The quantitative estimate of drug-likeness (QED) is 0.583. The molecule has 6 heteroatoms. The number of benzene rings is 1. The Bertz CT molecular complexity index is 686. The van der Waals surface area contributed by atoms with Gasteiger partial charge in [-0.2, -0.15) is 9.47 Å². The number of fused-ring (bicyclic) bond motifs is 1. The van der Waals surface area contributed by atoms with E-state index in [2.05, 4.69) is 15.3 Å². The van der Waals surface area contributed by atoms with Gasteiger partial charge < -0.3 is 0 Å². The first-order valence-electron chi connectivity index (χ1n) is 4.70. The van der Waals surface area contributed by atoms with E-state index in [0.717, 1.165) is 5.52 Å². The Balaban J connectivity index is 2.47. The fourth-order valence-corrected chi connectivity index (χ4v) is 1.57. The molecule has 0 saturated heterocycles. The molecule has 0 fully saturated rings. The highest BCUT2D eigenvalue weighted by molar-refractivity contribution is 5.74. The second kappa shape index (κ2) is 3.27. The number of rotatable bonds is 1. The Kier molecular flexibility index (Phi) is 1.79. The molecule has 0 amide bonds. The molecule has 0 aliphatic heterocycles. The van der Waals surface area contributed by atoms with Gasteiger partial charge in [0.05, 0.1) is 29.6 Å². The van der Waals surface area contributed by atoms with Crippen molar-refractivity contribution in [3.8, 4) is 0 Å². The fraction of sp³-hybridized carbons (Fsp3) is 0. The van der Waals surface area contributed by atoms with E-state index < -0.39 is 0 Å². The summed E-state index contributed by atoms with van der Waals surface area (Å²) in [5, 5.41) is 7.48. The van der Waals surface area contributed by atoms with Crippen molar-refractivity contribution in [1.29, 1.82) is 0 Å². The Morgan fingerprint density at radius 2 is 2.06 bits per heavy atom. The monoisotopic (exact) mass is 213 g/mol. The minimum atomic E-state index is -0.246. The van der Waals surface area contributed by atoms with Gasteiger partial charge in [0.1, 0.15) is 0 Å². The van der Waals surface area contributed by atoms with Crippen LogP contribution in [0.25, 0.3) is 11.0 Å². The SMILES string of the molecule is O=c1cnc2ccccc2n1-n1ccnn1. The number of aromatic nitrogens is 5. The summed E-state index contributed by atoms with van der Waals surface area (Å²) in [4.78, 5) is 17.2. The van der Waals surface area contributed by atoms with Crippen molar-refractivity contribution in [3.05, 3.63) is 53.2 Å². The number of hydrogen-bond donors (Lipinski definition) is 0. The van der Waals surface area contributed by atoms with E-state index in [1.807, 2.05) is 24.3 Å². The predicted octanol–water partition coefficient (Wildman–Crippen LogP) is 0.299. The van der Waals surface area contributed by atoms with E-state index in [4.69, 9.17) is 0 Å². The summed E-state index contributed by atoms with van der Waals surface area (Å²) in [5.41, 5.74) is 1.18. The lowest BCUT2D eigenvalue weighted by Crippen LogP contribution is -2.26. The van der Waals surface area contributed by atoms with Crippen LogP contribution in [0, 0.1) is 0 Å². The largest absolute Gasteiger partial charge is 0.289 e. The normalized spacial score (nSPS) is 10.8. The summed E-state index contributed by atoms with van der Waals surface area (Å²) < 4.78 is 1.41. The molecule has 16 heavy (non-hydrogen) atoms. The van der Waals surface area contributed by atoms with Crippen molar-refractivity contribution < 1.29 is 0 Å². The van der Waals surface area contributed by atoms with Gasteiger partial charge in [-0.05, 0) is 17.3 Å². The average molecular weight is 213 g/mol. The first-order chi connectivity index (χ1) is 7.86. The summed E-state index contributed by atoms with van der Waals surface area (Å²) in [6, 6.07) is 7.36. The van der Waals surface area contributed by atoms with E-state index in [0.29, 0.717) is 5.52 Å². The molecule has 0 saturated carbocycles. The molecule has 0 spiro atoms. The van der Waals surface area contributed by atoms with Gasteiger partial charge in [-0.1, -0.05) is 12.1 Å². The smallest absolute Gasteiger partial charge is 0.266 e. The first-order valence-corrected chi connectivity index (χ1v) is 4.70. The standard InChI is InChI=1S/C10H7N5O/c16-10-7-11-8-3-1-2-4-9(8)15(10)14-6-5-12-13-14/h1-7H. The lowest BCUT2D eigenvalue weighted by molar-refractivity contribution is 0.548. The molecule has 0 radical (unpaired) electrons. The third kappa shape index (κ3) is 1.20. The summed E-state index contributed by atoms with van der Waals surface area (Å²) in [6.45, 7) is 0. The van der Waals surface area contributed by atoms with Crippen LogP contribution in [0.4, 0.5) is 0 Å². The molecule has 3 aromatic rings. The van der Waals surface area contributed by atoms with E-state index in [9.17, 15) is 4.79 Å². The van der Waals surface area contributed by atoms with Gasteiger partial charge in [-0.25, -0.2) is 4.98 Å². The summed E-state index contributed by atoms with van der Waals surface area (Å²) in [7, 11) is 0. The van der Waals surface area contributed by atoms with Crippen LogP contribution in [-0.2, 0) is 0 Å². The molecular formula is C10H7N5O. The molecule has 0 N–H and O–H groups in total. The first kappa shape index (κ1) is 8.78. The number of hydrogen-bond acceptors (Lipinski definition) is 4. The fourth-order valence-electron chi connectivity index (χ4n) is 1.57. The van der Waals surface area contributed by atoms with Crippen LogP contribution < -0.4 is 5.56 Å². The highest BCUT2D eigenvalue weighted by Crippen LogP contribution is 2.07. The highest BCUT2D eigenvalue weighted by Gasteiger charge is 2.05. The molecule has 0 aliphatic carbocycles. The molecule has 0 unspecified atom stereocenters. The zero-order chi connectivity index (χ0) is 11.0. The van der Waals surface area contributed by atoms with Crippen LogP contribution in [0.2, 0.25) is 0 Å². The molecule has 0 aliphatic rings. The van der Waals surface area contributed by atoms with Crippen LogP contribution in [0.5, 0.6) is 0 Å². The Morgan fingerprint density at radius 3 is 2.88 bits per heavy atom. The average Bonchev–Trinajstić information content (AvgIpc) is 2.82. The topological polar surface area (TPSA) is 65.6 Å². The third-order valence-electron chi connectivity index (χ3n) is 2.25. The van der Waals surface area contributed by atoms with Crippen molar-refractivity contribution >= 4 is 11.0 Å². The summed E-state index contributed by atoms with van der Waals surface area (Å²) in [5.74, 6) is 0. The van der Waals surface area contributed by atoms with Crippen molar-refractivity contribution in [1.82, 2.24) is 24.8 Å². The van der Waals surface area contributed by atoms with Gasteiger partial charge in [0.25, 0.3) is 5.56 Å². The van der Waals surface area contributed by atoms with Gasteiger partial charge in [-0.15, -0.1) is 5.10 Å². The Labute approximate surface area is 89.7 Å². The van der Waals surface area contributed by atoms with Crippen LogP contribution in [-0.4, -0.2) is 24.8 Å². The van der Waals surface area contributed by atoms with Gasteiger partial charge in [0, 0.05) is 0 Å². The van der Waals surface area contributed by atoms with E-state index in [1.54, 1.807) is 6.20 Å². The zero-order valence-electron chi connectivity index (χ0n) is 8.19. The summed E-state index contributed by atoms with van der Waals surface area (Å²) in [6.07, 6.45) is 4.39. The van der Waals surface area contributed by atoms with E-state index >= 15 is 0 Å². The van der Waals surface area contributed by atoms with Crippen LogP contribution in [0.1, 0.15) is 0 Å². The lowest BCUT2D eigenvalue weighted by Gasteiger charge is -2.07. The van der Waals surface area contributed by atoms with Crippen molar-refractivity contribution in [2.45, 2.75) is 0 Å². The maximum Gasteiger partial charge on any atom is 0.289 e. The van der Waals surface area contributed by atoms with Crippen molar-refractivity contribution in [2.24, 2.45) is 0 Å². The van der Waals surface area contributed by atoms with Gasteiger partial charge in [-0.3, -0.25) is 4.79 Å². The molecule has 2 aromatic heterocycles. The minimum absolute atomic E-state index is 0.246. The maximum atomic E-state index is 11.7. The lowest BCUT2D eigenvalue weighted by atomic mass is 10.3. The second-order valence-electron chi connectivity index (χ2n) is 3.22. The van der Waals surface area contributed by atoms with Gasteiger partial charge in [0.15, 0.2) is 0 Å². The van der Waals surface area contributed by atoms with Crippen molar-refractivity contribution in [3.63, 3.8) is 0 Å². The predicted molar refractivity (Wildman–Crippen MR) is 56.8 cm³/mol. The third-order valence-corrected chi connectivity index (χ3v) is 2.25. The van der Waals surface area contributed by atoms with Crippen molar-refractivity contribution in [2.75, 3.05) is 0 Å². The van der Waals surface area contributed by atoms with Gasteiger partial charge in [0.2, 0.25) is 0 Å². The summed E-state index contributed by atoms with van der Waals surface area (Å²) >= 11 is 0. The maximum absolute atomic E-state index is 11.7. The highest BCUT2D eigenvalue weighted by atomic mass is 16.1. The molecule has 2 heterocycles.